The number of ether oxygens (including phenoxy) is 1. The summed E-state index contributed by atoms with van der Waals surface area (Å²) in [6, 6.07) is 0. The van der Waals surface area contributed by atoms with Crippen molar-refractivity contribution in [3.63, 3.8) is 0 Å². The Kier molecular flexibility index (Phi) is 4.65. The topological polar surface area (TPSA) is 51.0 Å². The van der Waals surface area contributed by atoms with Crippen LogP contribution in [0.15, 0.2) is 22.0 Å². The summed E-state index contributed by atoms with van der Waals surface area (Å²) in [6.07, 6.45) is 4.39. The van der Waals surface area contributed by atoms with Gasteiger partial charge in [0.15, 0.2) is 0 Å². The molecule has 0 fully saturated rings. The molecule has 1 amide bonds. The molecule has 0 saturated heterocycles. The lowest BCUT2D eigenvalue weighted by molar-refractivity contribution is 0.0591. The standard InChI is InChI=1S/C11H17BrN2O2/c1-11(2,3)16-10(15)14-13-9-6-4-5-8(12)7-9/h7-8H,4-6H2,1-3H3/t8-/m0/s1. The first-order valence-corrected chi connectivity index (χ1v) is 6.28. The fourth-order valence-electron chi connectivity index (χ4n) is 1.32. The number of alkyl halides is 1. The number of carbonyl (C=O) groups excluding carboxylic acids is 1. The molecule has 0 bridgehead atoms. The van der Waals surface area contributed by atoms with Crippen molar-refractivity contribution in [1.29, 1.82) is 0 Å². The number of hydrogen-bond donors (Lipinski definition) is 0. The smallest absolute Gasteiger partial charge is 0.441 e. The van der Waals surface area contributed by atoms with Gasteiger partial charge in [-0.2, -0.15) is 0 Å². The molecule has 0 heterocycles. The Morgan fingerprint density at radius 2 is 2.25 bits per heavy atom. The van der Waals surface area contributed by atoms with Gasteiger partial charge < -0.3 is 4.74 Å². The molecule has 90 valence electrons. The predicted octanol–water partition coefficient (Wildman–Crippen LogP) is 4.21. The van der Waals surface area contributed by atoms with Crippen molar-refractivity contribution in [2.75, 3.05) is 0 Å². The first-order chi connectivity index (χ1) is 7.37. The minimum Gasteiger partial charge on any atom is -0.441 e. The third-order valence-corrected chi connectivity index (χ3v) is 2.66. The molecule has 1 atom stereocenters. The van der Waals surface area contributed by atoms with E-state index in [1.54, 1.807) is 20.8 Å². The number of amides is 1. The average Bonchev–Trinajstić information content (AvgIpc) is 2.12. The van der Waals surface area contributed by atoms with Gasteiger partial charge >= 0.3 is 6.09 Å². The van der Waals surface area contributed by atoms with Crippen LogP contribution in [0.1, 0.15) is 40.0 Å². The molecule has 4 nitrogen and oxygen atoms in total. The fraction of sp³-hybridized carbons (Fsp3) is 0.727. The summed E-state index contributed by atoms with van der Waals surface area (Å²) in [5.74, 6) is 0. The van der Waals surface area contributed by atoms with Crippen molar-refractivity contribution in [3.8, 4) is 0 Å². The molecule has 16 heavy (non-hydrogen) atoms. The minimum atomic E-state index is -0.634. The van der Waals surface area contributed by atoms with E-state index in [0.717, 1.165) is 25.0 Å². The van der Waals surface area contributed by atoms with Gasteiger partial charge in [-0.3, -0.25) is 0 Å². The number of nitrogens with zero attached hydrogens (tertiary/aromatic N) is 2. The van der Waals surface area contributed by atoms with Gasteiger partial charge in [0.1, 0.15) is 5.60 Å². The molecular weight excluding hydrogens is 272 g/mol. The Labute approximate surface area is 104 Å². The number of hydrogen-bond acceptors (Lipinski definition) is 3. The summed E-state index contributed by atoms with van der Waals surface area (Å²) < 4.78 is 5.02. The number of carbonyl (C=O) groups is 1. The largest absolute Gasteiger partial charge is 0.452 e. The van der Waals surface area contributed by atoms with Gasteiger partial charge in [0.2, 0.25) is 0 Å². The summed E-state index contributed by atoms with van der Waals surface area (Å²) in [6.45, 7) is 5.40. The molecule has 0 aromatic rings. The van der Waals surface area contributed by atoms with Crippen molar-refractivity contribution in [2.24, 2.45) is 10.2 Å². The van der Waals surface area contributed by atoms with Crippen molar-refractivity contribution >= 4 is 22.0 Å². The van der Waals surface area contributed by atoms with Crippen LogP contribution in [0.5, 0.6) is 0 Å². The highest BCUT2D eigenvalue weighted by Gasteiger charge is 2.16. The predicted molar refractivity (Wildman–Crippen MR) is 65.7 cm³/mol. The van der Waals surface area contributed by atoms with E-state index in [1.165, 1.54) is 0 Å². The molecule has 0 saturated carbocycles. The molecule has 1 aliphatic rings. The summed E-state index contributed by atoms with van der Waals surface area (Å²) in [4.78, 5) is 11.6. The van der Waals surface area contributed by atoms with Gasteiger partial charge in [-0.1, -0.05) is 21.0 Å². The molecule has 0 aliphatic heterocycles. The van der Waals surface area contributed by atoms with Crippen LogP contribution in [0, 0.1) is 0 Å². The van der Waals surface area contributed by atoms with E-state index in [4.69, 9.17) is 4.74 Å². The van der Waals surface area contributed by atoms with E-state index >= 15 is 0 Å². The van der Waals surface area contributed by atoms with Crippen LogP contribution in [-0.2, 0) is 4.74 Å². The van der Waals surface area contributed by atoms with Gasteiger partial charge in [0.25, 0.3) is 0 Å². The molecule has 0 aromatic heterocycles. The first kappa shape index (κ1) is 13.4. The normalized spacial score (nSPS) is 22.0. The molecule has 1 rings (SSSR count). The molecule has 0 N–H and O–H groups in total. The van der Waals surface area contributed by atoms with E-state index in [2.05, 4.69) is 26.2 Å². The second-order valence-electron chi connectivity index (χ2n) is 4.75. The second kappa shape index (κ2) is 5.57. The highest BCUT2D eigenvalue weighted by Crippen LogP contribution is 2.24. The average molecular weight is 289 g/mol. The van der Waals surface area contributed by atoms with E-state index in [1.807, 2.05) is 6.08 Å². The summed E-state index contributed by atoms with van der Waals surface area (Å²) in [5, 5.41) is 7.44. The number of azo groups is 1. The van der Waals surface area contributed by atoms with Crippen molar-refractivity contribution in [3.05, 3.63) is 11.8 Å². The van der Waals surface area contributed by atoms with Crippen molar-refractivity contribution in [2.45, 2.75) is 50.5 Å². The van der Waals surface area contributed by atoms with Crippen LogP contribution in [0.25, 0.3) is 0 Å². The molecular formula is C11H17BrN2O2. The SMILES string of the molecule is CC(C)(C)OC(=O)N=NC1=C[C@@H](Br)CCC1. The van der Waals surface area contributed by atoms with Gasteiger partial charge in [0, 0.05) is 4.83 Å². The summed E-state index contributed by atoms with van der Waals surface area (Å²) in [7, 11) is 0. The molecule has 0 spiro atoms. The fourth-order valence-corrected chi connectivity index (χ4v) is 1.95. The van der Waals surface area contributed by atoms with E-state index in [9.17, 15) is 4.79 Å². The zero-order valence-electron chi connectivity index (χ0n) is 9.86. The molecule has 1 aliphatic carbocycles. The monoisotopic (exact) mass is 288 g/mol. The summed E-state index contributed by atoms with van der Waals surface area (Å²) in [5.41, 5.74) is 0.327. The third-order valence-electron chi connectivity index (χ3n) is 1.94. The first-order valence-electron chi connectivity index (χ1n) is 5.36. The molecule has 0 radical (unpaired) electrons. The van der Waals surface area contributed by atoms with Crippen LogP contribution < -0.4 is 0 Å². The quantitative estimate of drug-likeness (QED) is 0.536. The Morgan fingerprint density at radius 3 is 2.81 bits per heavy atom. The third kappa shape index (κ3) is 5.39. The lowest BCUT2D eigenvalue weighted by Gasteiger charge is -2.17. The van der Waals surface area contributed by atoms with Crippen LogP contribution in [0.3, 0.4) is 0 Å². The van der Waals surface area contributed by atoms with E-state index in [-0.39, 0.29) is 0 Å². The van der Waals surface area contributed by atoms with Crippen LogP contribution in [-0.4, -0.2) is 16.5 Å². The summed E-state index contributed by atoms with van der Waals surface area (Å²) >= 11 is 3.49. The Balaban J connectivity index is 2.50. The van der Waals surface area contributed by atoms with Crippen molar-refractivity contribution in [1.82, 2.24) is 0 Å². The highest BCUT2D eigenvalue weighted by molar-refractivity contribution is 9.09. The Morgan fingerprint density at radius 1 is 1.56 bits per heavy atom. The van der Waals surface area contributed by atoms with Crippen LogP contribution in [0.4, 0.5) is 4.79 Å². The Bertz CT molecular complexity index is 318. The number of allylic oxidation sites excluding steroid dienone is 2. The van der Waals surface area contributed by atoms with Gasteiger partial charge in [0.05, 0.1) is 5.70 Å². The molecule has 5 heteroatoms. The molecule has 0 aromatic carbocycles. The maximum Gasteiger partial charge on any atom is 0.452 e. The number of rotatable bonds is 1. The Hall–Kier alpha value is -0.710. The second-order valence-corrected chi connectivity index (χ2v) is 5.92. The zero-order valence-corrected chi connectivity index (χ0v) is 11.5. The lowest BCUT2D eigenvalue weighted by atomic mass is 10.1. The van der Waals surface area contributed by atoms with Gasteiger partial charge in [-0.05, 0) is 46.1 Å². The van der Waals surface area contributed by atoms with E-state index in [0.29, 0.717) is 4.83 Å². The maximum absolute atomic E-state index is 11.3. The van der Waals surface area contributed by atoms with Crippen molar-refractivity contribution < 1.29 is 9.53 Å². The van der Waals surface area contributed by atoms with Gasteiger partial charge in [-0.15, -0.1) is 5.11 Å². The zero-order chi connectivity index (χ0) is 12.2. The van der Waals surface area contributed by atoms with Gasteiger partial charge in [-0.25, -0.2) is 4.79 Å². The lowest BCUT2D eigenvalue weighted by Crippen LogP contribution is -2.21. The maximum atomic E-state index is 11.3. The highest BCUT2D eigenvalue weighted by atomic mass is 79.9. The van der Waals surface area contributed by atoms with Crippen LogP contribution in [0.2, 0.25) is 0 Å². The number of halogens is 1. The van der Waals surface area contributed by atoms with Crippen LogP contribution >= 0.6 is 15.9 Å². The minimum absolute atomic E-state index is 0.342. The molecule has 0 unspecified atom stereocenters. The van der Waals surface area contributed by atoms with E-state index < -0.39 is 11.7 Å².